The number of nitrogens with one attached hydrogen (secondary N) is 2. The molecule has 7 nitrogen and oxygen atoms in total. The Labute approximate surface area is 181 Å². The first kappa shape index (κ1) is 22.8. The van der Waals surface area contributed by atoms with Crippen LogP contribution < -0.4 is 10.6 Å². The Kier molecular flexibility index (Phi) is 7.26. The van der Waals surface area contributed by atoms with Crippen molar-refractivity contribution in [3.8, 4) is 5.75 Å². The third-order valence-corrected chi connectivity index (χ3v) is 8.53. The van der Waals surface area contributed by atoms with E-state index in [4.69, 9.17) is 11.6 Å². The Bertz CT molecular complexity index is 930. The lowest BCUT2D eigenvalue weighted by atomic mass is 10.1. The first-order valence-electron chi connectivity index (χ1n) is 10.0. The van der Waals surface area contributed by atoms with Gasteiger partial charge in [0.15, 0.2) is 15.6 Å². The van der Waals surface area contributed by atoms with Crippen LogP contribution in [-0.4, -0.2) is 62.1 Å². The highest BCUT2D eigenvalue weighted by molar-refractivity contribution is 7.92. The number of aromatic hydroxyl groups is 1. The van der Waals surface area contributed by atoms with Crippen molar-refractivity contribution in [2.45, 2.75) is 48.8 Å². The number of benzene rings is 1. The molecule has 2 amide bonds. The number of carbonyl (C=O) groups is 1. The van der Waals surface area contributed by atoms with Crippen LogP contribution in [0.25, 0.3) is 0 Å². The van der Waals surface area contributed by atoms with Gasteiger partial charge in [0.05, 0.1) is 22.0 Å². The molecule has 1 saturated heterocycles. The molecule has 1 aliphatic carbocycles. The second kappa shape index (κ2) is 9.53. The molecule has 2 aliphatic rings. The molecule has 0 bridgehead atoms. The topological polar surface area (TPSA) is 98.7 Å². The van der Waals surface area contributed by atoms with E-state index in [0.29, 0.717) is 25.9 Å². The lowest BCUT2D eigenvalue weighted by molar-refractivity contribution is 0.212. The normalized spacial score (nSPS) is 20.8. The molecule has 10 heteroatoms. The number of phenolic OH excluding ortho intramolecular Hbond substituents is 1. The van der Waals surface area contributed by atoms with E-state index in [1.54, 1.807) is 0 Å². The molecule has 1 unspecified atom stereocenters. The number of sulfone groups is 1. The quantitative estimate of drug-likeness (QED) is 0.447. The van der Waals surface area contributed by atoms with E-state index in [2.05, 4.69) is 10.6 Å². The van der Waals surface area contributed by atoms with Gasteiger partial charge in [-0.2, -0.15) is 0 Å². The van der Waals surface area contributed by atoms with Gasteiger partial charge < -0.3 is 20.6 Å². The fourth-order valence-corrected chi connectivity index (χ4v) is 6.36. The maximum atomic E-state index is 13.2. The minimum atomic E-state index is -3.93. The fourth-order valence-electron chi connectivity index (χ4n) is 4.00. The van der Waals surface area contributed by atoms with Gasteiger partial charge in [0.1, 0.15) is 11.6 Å². The number of alkyl halides is 1. The molecule has 30 heavy (non-hydrogen) atoms. The second-order valence-corrected chi connectivity index (χ2v) is 10.3. The number of hydrogen-bond donors (Lipinski definition) is 3. The number of allylic oxidation sites excluding steroid dienone is 1. The molecular formula is C20H27ClFN3O4S. The van der Waals surface area contributed by atoms with Crippen molar-refractivity contribution >= 4 is 33.2 Å². The number of hydrogen-bond acceptors (Lipinski definition) is 5. The number of anilines is 1. The number of likely N-dealkylation sites (tertiary alicyclic amines) is 1. The summed E-state index contributed by atoms with van der Waals surface area (Å²) in [7, 11) is -3.93. The van der Waals surface area contributed by atoms with E-state index < -0.39 is 33.5 Å². The van der Waals surface area contributed by atoms with Crippen molar-refractivity contribution in [3.63, 3.8) is 0 Å². The van der Waals surface area contributed by atoms with Crippen molar-refractivity contribution in [1.29, 1.82) is 0 Å². The lowest BCUT2D eigenvalue weighted by Gasteiger charge is -2.31. The lowest BCUT2D eigenvalue weighted by Crippen LogP contribution is -2.40. The summed E-state index contributed by atoms with van der Waals surface area (Å²) in [6.07, 6.45) is 4.38. The highest BCUT2D eigenvalue weighted by Gasteiger charge is 2.35. The summed E-state index contributed by atoms with van der Waals surface area (Å²) in [6.45, 7) is 2.65. The number of rotatable bonds is 6. The smallest absolute Gasteiger partial charge is 0.319 e. The van der Waals surface area contributed by atoms with Crippen molar-refractivity contribution in [2.75, 3.05) is 31.6 Å². The summed E-state index contributed by atoms with van der Waals surface area (Å²) in [4.78, 5) is 13.8. The van der Waals surface area contributed by atoms with Gasteiger partial charge in [-0.3, -0.25) is 0 Å². The fraction of sp³-hybridized carbons (Fsp3) is 0.550. The molecule has 166 valence electrons. The number of piperidine rings is 1. The minimum Gasteiger partial charge on any atom is -0.504 e. The maximum Gasteiger partial charge on any atom is 0.319 e. The molecule has 1 heterocycles. The Morgan fingerprint density at radius 1 is 1.30 bits per heavy atom. The van der Waals surface area contributed by atoms with E-state index in [0.717, 1.165) is 18.4 Å². The number of carbonyl (C=O) groups excluding carboxylic acids is 1. The van der Waals surface area contributed by atoms with E-state index in [1.165, 1.54) is 12.1 Å². The van der Waals surface area contributed by atoms with Crippen LogP contribution in [0.3, 0.4) is 0 Å². The van der Waals surface area contributed by atoms with Gasteiger partial charge in [-0.1, -0.05) is 23.3 Å². The van der Waals surface area contributed by atoms with Crippen LogP contribution in [0.15, 0.2) is 28.7 Å². The zero-order valence-corrected chi connectivity index (χ0v) is 18.4. The zero-order chi connectivity index (χ0) is 21.9. The van der Waals surface area contributed by atoms with E-state index in [9.17, 15) is 22.7 Å². The number of phenols is 1. The van der Waals surface area contributed by atoms with Gasteiger partial charge in [-0.25, -0.2) is 17.6 Å². The van der Waals surface area contributed by atoms with Crippen molar-refractivity contribution in [1.82, 2.24) is 10.2 Å². The summed E-state index contributed by atoms with van der Waals surface area (Å²) in [5.74, 6) is -0.567. The largest absolute Gasteiger partial charge is 0.504 e. The van der Waals surface area contributed by atoms with Gasteiger partial charge in [0, 0.05) is 6.54 Å². The molecule has 0 aromatic heterocycles. The highest BCUT2D eigenvalue weighted by atomic mass is 35.5. The number of urea groups is 1. The van der Waals surface area contributed by atoms with Crippen LogP contribution in [0.2, 0.25) is 5.02 Å². The maximum absolute atomic E-state index is 13.2. The molecule has 0 saturated carbocycles. The summed E-state index contributed by atoms with van der Waals surface area (Å²) in [6, 6.07) is 2.10. The molecule has 0 radical (unpaired) electrons. The molecule has 1 aliphatic heterocycles. The minimum absolute atomic E-state index is 0.0232. The van der Waals surface area contributed by atoms with Crippen LogP contribution in [0.5, 0.6) is 5.75 Å². The molecule has 1 fully saturated rings. The number of amides is 2. The van der Waals surface area contributed by atoms with E-state index in [-0.39, 0.29) is 28.2 Å². The van der Waals surface area contributed by atoms with Crippen LogP contribution in [0, 0.1) is 0 Å². The molecule has 1 atom stereocenters. The van der Waals surface area contributed by atoms with Crippen LogP contribution in [0.1, 0.15) is 32.6 Å². The van der Waals surface area contributed by atoms with Crippen LogP contribution in [-0.2, 0) is 9.84 Å². The third-order valence-electron chi connectivity index (χ3n) is 5.77. The average molecular weight is 460 g/mol. The molecule has 3 N–H and O–H groups in total. The van der Waals surface area contributed by atoms with Crippen molar-refractivity contribution in [2.24, 2.45) is 0 Å². The summed E-state index contributed by atoms with van der Waals surface area (Å²) >= 11 is 6.14. The van der Waals surface area contributed by atoms with E-state index >= 15 is 0 Å². The van der Waals surface area contributed by atoms with Crippen LogP contribution in [0.4, 0.5) is 14.9 Å². The van der Waals surface area contributed by atoms with E-state index in [1.807, 2.05) is 17.9 Å². The summed E-state index contributed by atoms with van der Waals surface area (Å²) in [5.41, 5.74) is 1.04. The Hall–Kier alpha value is -1.84. The van der Waals surface area contributed by atoms with Gasteiger partial charge in [0.25, 0.3) is 0 Å². The summed E-state index contributed by atoms with van der Waals surface area (Å²) in [5, 5.41) is 15.2. The first-order chi connectivity index (χ1) is 14.2. The van der Waals surface area contributed by atoms with Crippen molar-refractivity contribution < 1.29 is 22.7 Å². The molecule has 1 aromatic carbocycles. The summed E-state index contributed by atoms with van der Waals surface area (Å²) < 4.78 is 38.9. The van der Waals surface area contributed by atoms with Crippen molar-refractivity contribution in [3.05, 3.63) is 28.8 Å². The molecule has 3 rings (SSSR count). The average Bonchev–Trinajstić information content (AvgIpc) is 3.09. The van der Waals surface area contributed by atoms with Gasteiger partial charge in [-0.05, 0) is 57.8 Å². The van der Waals surface area contributed by atoms with Crippen LogP contribution >= 0.6 is 11.6 Å². The standard InChI is InChI=1S/C20H27ClFN3O4S/c1-13-3-2-4-16(13)23-20(27)24-17-6-5-15(21)19(18(17)26)30(28,29)14-7-10-25(11-8-14)12-9-22/h3,5-6,14,16,26H,2,4,7-12H2,1H3,(H2,23,24,27). The predicted octanol–water partition coefficient (Wildman–Crippen LogP) is 3.48. The SMILES string of the molecule is CC1=CCCC1NC(=O)Nc1ccc(Cl)c(S(=O)(=O)C2CCN(CCF)CC2)c1O. The van der Waals surface area contributed by atoms with Gasteiger partial charge in [-0.15, -0.1) is 0 Å². The number of halogens is 2. The number of nitrogens with zero attached hydrogens (tertiary/aromatic N) is 1. The molecule has 0 spiro atoms. The Morgan fingerprint density at radius 2 is 2.00 bits per heavy atom. The van der Waals surface area contributed by atoms with Gasteiger partial charge >= 0.3 is 6.03 Å². The first-order valence-corrected chi connectivity index (χ1v) is 11.9. The Balaban J connectivity index is 1.77. The second-order valence-electron chi connectivity index (χ2n) is 7.72. The zero-order valence-electron chi connectivity index (χ0n) is 16.8. The monoisotopic (exact) mass is 459 g/mol. The molecular weight excluding hydrogens is 433 g/mol. The molecule has 1 aromatic rings. The predicted molar refractivity (Wildman–Crippen MR) is 115 cm³/mol. The Morgan fingerprint density at radius 3 is 2.60 bits per heavy atom. The highest BCUT2D eigenvalue weighted by Crippen LogP contribution is 2.40. The third kappa shape index (κ3) is 4.90. The van der Waals surface area contributed by atoms with Gasteiger partial charge in [0.2, 0.25) is 0 Å².